The lowest BCUT2D eigenvalue weighted by atomic mass is 9.86. The summed E-state index contributed by atoms with van der Waals surface area (Å²) >= 11 is 0. The molecule has 0 spiro atoms. The first-order valence-corrected chi connectivity index (χ1v) is 11.4. The fourth-order valence-electron chi connectivity index (χ4n) is 5.13. The molecule has 0 bridgehead atoms. The summed E-state index contributed by atoms with van der Waals surface area (Å²) in [5.74, 6) is -2.07. The number of hydrogen-bond donors (Lipinski definition) is 3. The van der Waals surface area contributed by atoms with Crippen molar-refractivity contribution in [2.45, 2.75) is 52.4 Å². The lowest BCUT2D eigenvalue weighted by Crippen LogP contribution is -2.44. The largest absolute Gasteiger partial charge is 0.458 e. The second-order valence-corrected chi connectivity index (χ2v) is 8.83. The molecule has 2 aromatic heterocycles. The zero-order chi connectivity index (χ0) is 25.2. The number of fused-ring (bicyclic) bond motifs is 5. The second-order valence-electron chi connectivity index (χ2n) is 8.83. The van der Waals surface area contributed by atoms with Gasteiger partial charge in [-0.25, -0.2) is 14.2 Å². The van der Waals surface area contributed by atoms with Crippen molar-refractivity contribution in [2.24, 2.45) is 0 Å². The van der Waals surface area contributed by atoms with E-state index in [0.717, 1.165) is 11.1 Å². The highest BCUT2D eigenvalue weighted by molar-refractivity contribution is 6.05. The van der Waals surface area contributed by atoms with Crippen LogP contribution in [0.3, 0.4) is 0 Å². The van der Waals surface area contributed by atoms with Crippen LogP contribution in [0.5, 0.6) is 0 Å². The van der Waals surface area contributed by atoms with Gasteiger partial charge in [0.25, 0.3) is 5.56 Å². The quantitative estimate of drug-likeness (QED) is 0.380. The normalized spacial score (nSPS) is 18.2. The van der Waals surface area contributed by atoms with E-state index >= 15 is 0 Å². The van der Waals surface area contributed by atoms with E-state index < -0.39 is 35.5 Å². The van der Waals surface area contributed by atoms with Gasteiger partial charge in [-0.05, 0) is 31.4 Å². The topological polar surface area (TPSA) is 131 Å². The van der Waals surface area contributed by atoms with Gasteiger partial charge in [-0.15, -0.1) is 0 Å². The first-order valence-electron chi connectivity index (χ1n) is 11.4. The van der Waals surface area contributed by atoms with Crippen molar-refractivity contribution in [2.75, 3.05) is 11.9 Å². The summed E-state index contributed by atoms with van der Waals surface area (Å²) < 4.78 is 21.5. The maximum atomic E-state index is 14.8. The average molecular weight is 481 g/mol. The van der Waals surface area contributed by atoms with Crippen LogP contribution in [-0.4, -0.2) is 38.2 Å². The molecule has 0 fully saturated rings. The molecule has 0 radical (unpaired) electrons. The van der Waals surface area contributed by atoms with Gasteiger partial charge in [0, 0.05) is 28.1 Å². The van der Waals surface area contributed by atoms with Gasteiger partial charge in [0.05, 0.1) is 34.7 Å². The molecule has 5 rings (SSSR count). The molecule has 35 heavy (non-hydrogen) atoms. The van der Waals surface area contributed by atoms with Gasteiger partial charge in [-0.1, -0.05) is 13.8 Å². The van der Waals surface area contributed by atoms with Crippen LogP contribution < -0.4 is 10.9 Å². The van der Waals surface area contributed by atoms with E-state index in [1.807, 2.05) is 6.92 Å². The second kappa shape index (κ2) is 7.96. The number of aliphatic hydroxyl groups excluding tert-OH is 1. The van der Waals surface area contributed by atoms with Crippen molar-refractivity contribution >= 4 is 28.5 Å². The number of ether oxygens (including phenoxy) is 1. The van der Waals surface area contributed by atoms with Crippen LogP contribution in [0.4, 0.5) is 10.1 Å². The van der Waals surface area contributed by atoms with Crippen molar-refractivity contribution in [1.82, 2.24) is 9.55 Å². The monoisotopic (exact) mass is 481 g/mol. The number of hydrogen-bond acceptors (Lipinski definition) is 7. The Bertz CT molecular complexity index is 1510. The molecule has 2 aliphatic rings. The van der Waals surface area contributed by atoms with E-state index in [1.54, 1.807) is 13.0 Å². The first-order chi connectivity index (χ1) is 16.7. The van der Waals surface area contributed by atoms with Crippen molar-refractivity contribution < 1.29 is 28.9 Å². The Morgan fingerprint density at radius 1 is 1.29 bits per heavy atom. The van der Waals surface area contributed by atoms with Crippen LogP contribution >= 0.6 is 0 Å². The third kappa shape index (κ3) is 3.13. The van der Waals surface area contributed by atoms with Gasteiger partial charge in [0.15, 0.2) is 5.60 Å². The smallest absolute Gasteiger partial charge is 0.343 e. The molecule has 1 aromatic carbocycles. The summed E-state index contributed by atoms with van der Waals surface area (Å²) in [5, 5.41) is 23.4. The molecule has 9 nitrogen and oxygen atoms in total. The predicted octanol–water partition coefficient (Wildman–Crippen LogP) is 2.02. The van der Waals surface area contributed by atoms with Crippen LogP contribution in [0.25, 0.3) is 22.3 Å². The van der Waals surface area contributed by atoms with Crippen molar-refractivity contribution in [3.05, 3.63) is 56.1 Å². The van der Waals surface area contributed by atoms with Gasteiger partial charge in [-0.2, -0.15) is 0 Å². The van der Waals surface area contributed by atoms with E-state index in [0.29, 0.717) is 23.2 Å². The summed E-state index contributed by atoms with van der Waals surface area (Å²) in [6.45, 7) is 4.26. The lowest BCUT2D eigenvalue weighted by molar-refractivity contribution is -0.172. The molecule has 0 unspecified atom stereocenters. The van der Waals surface area contributed by atoms with E-state index in [1.165, 1.54) is 17.6 Å². The number of benzene rings is 1. The van der Waals surface area contributed by atoms with E-state index in [4.69, 9.17) is 4.74 Å². The Balaban J connectivity index is 1.83. The molecule has 2 aliphatic heterocycles. The number of carbonyl (C=O) groups is 2. The summed E-state index contributed by atoms with van der Waals surface area (Å²) in [6, 6.07) is 2.88. The molecule has 1 atom stereocenters. The molecule has 4 heterocycles. The third-order valence-corrected chi connectivity index (χ3v) is 7.05. The van der Waals surface area contributed by atoms with Crippen molar-refractivity contribution in [3.63, 3.8) is 0 Å². The SMILES string of the molecule is CCc1c2c(nc3cc(F)c(C)c(NC(=O)CO)c13)-c1cc3c(c(=O)n1C2)COC(=O)[C@]3(O)CC. The Morgan fingerprint density at radius 3 is 2.69 bits per heavy atom. The molecule has 0 aliphatic carbocycles. The number of nitrogens with one attached hydrogen (secondary N) is 1. The molecular weight excluding hydrogens is 457 g/mol. The van der Waals surface area contributed by atoms with Gasteiger partial charge in [0.2, 0.25) is 5.91 Å². The molecule has 3 N–H and O–H groups in total. The minimum Gasteiger partial charge on any atom is -0.458 e. The number of esters is 1. The maximum Gasteiger partial charge on any atom is 0.343 e. The van der Waals surface area contributed by atoms with Crippen LogP contribution in [0, 0.1) is 12.7 Å². The number of aliphatic hydroxyl groups is 2. The standard InChI is InChI=1S/C25H24FN3O6/c1-4-12-13-8-29-18(6-15-14(23(29)32)10-35-24(33)25(15,34)5-2)22(13)27-17-7-16(26)11(3)21(20(12)17)28-19(31)9-30/h6-7,30,34H,4-5,8-10H2,1-3H3,(H,28,31)/t25-/m0/s1. The zero-order valence-corrected chi connectivity index (χ0v) is 19.5. The summed E-state index contributed by atoms with van der Waals surface area (Å²) in [5.41, 5.74) is 1.18. The highest BCUT2D eigenvalue weighted by Gasteiger charge is 2.45. The molecular formula is C25H24FN3O6. The third-order valence-electron chi connectivity index (χ3n) is 7.05. The van der Waals surface area contributed by atoms with Gasteiger partial charge >= 0.3 is 5.97 Å². The maximum absolute atomic E-state index is 14.8. The van der Waals surface area contributed by atoms with Crippen molar-refractivity contribution in [3.8, 4) is 11.4 Å². The van der Waals surface area contributed by atoms with Crippen LogP contribution in [0.2, 0.25) is 0 Å². The van der Waals surface area contributed by atoms with Crippen LogP contribution in [0.15, 0.2) is 16.9 Å². The number of aryl methyl sites for hydroxylation is 1. The van der Waals surface area contributed by atoms with E-state index in [-0.39, 0.29) is 47.5 Å². The highest BCUT2D eigenvalue weighted by Crippen LogP contribution is 2.42. The number of anilines is 1. The number of aromatic nitrogens is 2. The van der Waals surface area contributed by atoms with Crippen molar-refractivity contribution in [1.29, 1.82) is 0 Å². The number of carbonyl (C=O) groups excluding carboxylic acids is 2. The Morgan fingerprint density at radius 2 is 2.03 bits per heavy atom. The van der Waals surface area contributed by atoms with Gasteiger partial charge in [0.1, 0.15) is 19.0 Å². The summed E-state index contributed by atoms with van der Waals surface area (Å²) in [4.78, 5) is 42.5. The van der Waals surface area contributed by atoms with Gasteiger partial charge in [-0.3, -0.25) is 9.59 Å². The van der Waals surface area contributed by atoms with Crippen LogP contribution in [0.1, 0.15) is 48.1 Å². The molecule has 3 aromatic rings. The molecule has 1 amide bonds. The highest BCUT2D eigenvalue weighted by atomic mass is 19.1. The molecule has 182 valence electrons. The van der Waals surface area contributed by atoms with E-state index in [2.05, 4.69) is 10.3 Å². The van der Waals surface area contributed by atoms with E-state index in [9.17, 15) is 29.0 Å². The number of pyridine rings is 2. The first kappa shape index (κ1) is 23.1. The van der Waals surface area contributed by atoms with Gasteiger partial charge < -0.3 is 24.8 Å². The molecule has 10 heteroatoms. The number of cyclic esters (lactones) is 1. The minimum absolute atomic E-state index is 0.0261. The van der Waals surface area contributed by atoms with Crippen LogP contribution in [-0.2, 0) is 39.5 Å². The molecule has 0 saturated heterocycles. The number of rotatable bonds is 4. The Hall–Kier alpha value is -3.63. The fourth-order valence-corrected chi connectivity index (χ4v) is 5.13. The number of amides is 1. The Kier molecular flexibility index (Phi) is 5.26. The number of nitrogens with zero attached hydrogens (tertiary/aromatic N) is 2. The summed E-state index contributed by atoms with van der Waals surface area (Å²) in [6.07, 6.45) is 0.524. The summed E-state index contributed by atoms with van der Waals surface area (Å²) in [7, 11) is 0. The fraction of sp³-hybridized carbons (Fsp3) is 0.360. The molecule has 0 saturated carbocycles. The Labute approximate surface area is 199 Å². The average Bonchev–Trinajstić information content (AvgIpc) is 3.21. The minimum atomic E-state index is -1.94. The lowest BCUT2D eigenvalue weighted by Gasteiger charge is -2.31. The number of halogens is 1. The zero-order valence-electron chi connectivity index (χ0n) is 19.5. The predicted molar refractivity (Wildman–Crippen MR) is 124 cm³/mol.